The molecule has 5 nitrogen and oxygen atoms in total. The Morgan fingerprint density at radius 1 is 1.04 bits per heavy atom. The summed E-state index contributed by atoms with van der Waals surface area (Å²) in [6, 6.07) is 16.7. The zero-order valence-electron chi connectivity index (χ0n) is 13.4. The van der Waals surface area contributed by atoms with Gasteiger partial charge in [0.1, 0.15) is 5.69 Å². The summed E-state index contributed by atoms with van der Waals surface area (Å²) in [7, 11) is 0. The number of hydrogen-bond donors (Lipinski definition) is 0. The largest absolute Gasteiger partial charge is 0.296 e. The van der Waals surface area contributed by atoms with Crippen LogP contribution in [0.15, 0.2) is 64.2 Å². The topological polar surface area (TPSA) is 64.3 Å². The summed E-state index contributed by atoms with van der Waals surface area (Å²) in [4.78, 5) is 29.2. The third-order valence-electron chi connectivity index (χ3n) is 3.86. The zero-order chi connectivity index (χ0) is 18.1. The fourth-order valence-electron chi connectivity index (χ4n) is 2.57. The van der Waals surface area contributed by atoms with Crippen LogP contribution >= 0.6 is 22.9 Å². The quantitative estimate of drug-likeness (QED) is 0.546. The molecule has 0 spiro atoms. The highest BCUT2D eigenvalue weighted by molar-refractivity contribution is 7.15. The van der Waals surface area contributed by atoms with E-state index >= 15 is 0 Å². The van der Waals surface area contributed by atoms with Crippen molar-refractivity contribution < 1.29 is 0 Å². The van der Waals surface area contributed by atoms with Gasteiger partial charge in [-0.15, -0.1) is 0 Å². The van der Waals surface area contributed by atoms with Crippen LogP contribution in [0.1, 0.15) is 16.8 Å². The predicted octanol–water partition coefficient (Wildman–Crippen LogP) is 2.30. The molecule has 0 aliphatic rings. The number of aromatic nitrogens is 3. The van der Waals surface area contributed by atoms with Crippen LogP contribution in [0, 0.1) is 0 Å². The second-order valence-corrected chi connectivity index (χ2v) is 7.07. The highest BCUT2D eigenvalue weighted by Crippen LogP contribution is 2.16. The van der Waals surface area contributed by atoms with Gasteiger partial charge in [-0.3, -0.25) is 9.59 Å². The molecule has 128 valence electrons. The molecule has 0 unspecified atom stereocenters. The molecule has 4 rings (SSSR count). The fraction of sp³-hybridized carbons (Fsp3) is 0.0526. The van der Waals surface area contributed by atoms with Gasteiger partial charge in [-0.05, 0) is 23.3 Å². The third-order valence-corrected chi connectivity index (χ3v) is 5.19. The minimum Gasteiger partial charge on any atom is -0.266 e. The first kappa shape index (κ1) is 16.6. The molecule has 0 saturated heterocycles. The number of rotatable bonds is 3. The molecular formula is C19H12ClN3O2S. The van der Waals surface area contributed by atoms with Crippen LogP contribution in [0.2, 0.25) is 5.02 Å². The summed E-state index contributed by atoms with van der Waals surface area (Å²) in [5.41, 5.74) is 1.12. The SMILES string of the molecule is O=c1nc2s/c(=C/c3ccccc3)c(=O)n2nc1Cc1ccccc1Cl. The Morgan fingerprint density at radius 3 is 2.54 bits per heavy atom. The summed E-state index contributed by atoms with van der Waals surface area (Å²) in [6.45, 7) is 0. The van der Waals surface area contributed by atoms with Crippen LogP contribution in [0.3, 0.4) is 0 Å². The average molecular weight is 382 g/mol. The van der Waals surface area contributed by atoms with Crippen LogP contribution in [0.4, 0.5) is 0 Å². The molecule has 26 heavy (non-hydrogen) atoms. The Kier molecular flexibility index (Phi) is 4.36. The average Bonchev–Trinajstić information content (AvgIpc) is 2.93. The van der Waals surface area contributed by atoms with E-state index in [1.54, 1.807) is 12.1 Å². The molecule has 2 heterocycles. The van der Waals surface area contributed by atoms with Crippen molar-refractivity contribution >= 4 is 34.0 Å². The van der Waals surface area contributed by atoms with E-state index in [2.05, 4.69) is 10.1 Å². The van der Waals surface area contributed by atoms with Crippen LogP contribution in [0.5, 0.6) is 0 Å². The number of nitrogens with zero attached hydrogens (tertiary/aromatic N) is 3. The van der Waals surface area contributed by atoms with Crippen molar-refractivity contribution in [1.82, 2.24) is 14.6 Å². The molecule has 2 aromatic carbocycles. The first-order valence-electron chi connectivity index (χ1n) is 7.85. The van der Waals surface area contributed by atoms with Crippen LogP contribution in [0.25, 0.3) is 11.0 Å². The van der Waals surface area contributed by atoms with E-state index in [9.17, 15) is 9.59 Å². The smallest absolute Gasteiger partial charge is 0.266 e. The number of thiazole rings is 1. The van der Waals surface area contributed by atoms with Crippen molar-refractivity contribution in [3.8, 4) is 0 Å². The van der Waals surface area contributed by atoms with Gasteiger partial charge in [-0.25, -0.2) is 0 Å². The van der Waals surface area contributed by atoms with Crippen molar-refractivity contribution in [2.24, 2.45) is 0 Å². The van der Waals surface area contributed by atoms with Gasteiger partial charge in [0.15, 0.2) is 0 Å². The normalized spacial score (nSPS) is 12.0. The molecule has 0 atom stereocenters. The van der Waals surface area contributed by atoms with Crippen LogP contribution in [-0.2, 0) is 6.42 Å². The Hall–Kier alpha value is -2.83. The Balaban J connectivity index is 1.84. The Labute approximate surface area is 156 Å². The molecule has 7 heteroatoms. The van der Waals surface area contributed by atoms with Crippen molar-refractivity contribution in [2.45, 2.75) is 6.42 Å². The number of hydrogen-bond acceptors (Lipinski definition) is 5. The zero-order valence-corrected chi connectivity index (χ0v) is 15.0. The van der Waals surface area contributed by atoms with E-state index in [0.29, 0.717) is 9.55 Å². The number of fused-ring (bicyclic) bond motifs is 1. The van der Waals surface area contributed by atoms with Crippen molar-refractivity contribution in [1.29, 1.82) is 0 Å². The predicted molar refractivity (Wildman–Crippen MR) is 103 cm³/mol. The van der Waals surface area contributed by atoms with Gasteiger partial charge < -0.3 is 0 Å². The van der Waals surface area contributed by atoms with Gasteiger partial charge in [0.05, 0.1) is 4.53 Å². The lowest BCUT2D eigenvalue weighted by Crippen LogP contribution is -2.28. The summed E-state index contributed by atoms with van der Waals surface area (Å²) in [5, 5.41) is 4.78. The van der Waals surface area contributed by atoms with E-state index < -0.39 is 5.56 Å². The maximum Gasteiger partial charge on any atom is 0.296 e. The maximum atomic E-state index is 12.6. The molecule has 0 N–H and O–H groups in total. The molecular weight excluding hydrogens is 370 g/mol. The summed E-state index contributed by atoms with van der Waals surface area (Å²) in [5.74, 6) is 0. The van der Waals surface area contributed by atoms with Gasteiger partial charge in [0, 0.05) is 11.4 Å². The molecule has 0 amide bonds. The van der Waals surface area contributed by atoms with Crippen molar-refractivity contribution in [2.75, 3.05) is 0 Å². The summed E-state index contributed by atoms with van der Waals surface area (Å²) in [6.07, 6.45) is 1.99. The van der Waals surface area contributed by atoms with Gasteiger partial charge >= 0.3 is 0 Å². The first-order chi connectivity index (χ1) is 12.6. The molecule has 0 bridgehead atoms. The monoisotopic (exact) mass is 381 g/mol. The highest BCUT2D eigenvalue weighted by atomic mass is 35.5. The number of benzene rings is 2. The van der Waals surface area contributed by atoms with E-state index in [-0.39, 0.29) is 22.6 Å². The molecule has 0 saturated carbocycles. The molecule has 0 aliphatic heterocycles. The van der Waals surface area contributed by atoms with E-state index in [0.717, 1.165) is 22.5 Å². The lowest BCUT2D eigenvalue weighted by Gasteiger charge is -2.02. The van der Waals surface area contributed by atoms with Gasteiger partial charge in [-0.1, -0.05) is 71.5 Å². The highest BCUT2D eigenvalue weighted by Gasteiger charge is 2.12. The lowest BCUT2D eigenvalue weighted by atomic mass is 10.1. The minimum atomic E-state index is -0.447. The number of halogens is 1. The van der Waals surface area contributed by atoms with Crippen LogP contribution in [-0.4, -0.2) is 14.6 Å². The lowest BCUT2D eigenvalue weighted by molar-refractivity contribution is 0.811. The third kappa shape index (κ3) is 3.16. The molecule has 2 aromatic heterocycles. The van der Waals surface area contributed by atoms with E-state index in [4.69, 9.17) is 11.6 Å². The minimum absolute atomic E-state index is 0.191. The van der Waals surface area contributed by atoms with Crippen molar-refractivity contribution in [3.63, 3.8) is 0 Å². The summed E-state index contributed by atoms with van der Waals surface area (Å²) >= 11 is 7.29. The molecule has 0 fully saturated rings. The summed E-state index contributed by atoms with van der Waals surface area (Å²) < 4.78 is 1.66. The van der Waals surface area contributed by atoms with Gasteiger partial charge in [0.25, 0.3) is 11.1 Å². The first-order valence-corrected chi connectivity index (χ1v) is 9.04. The fourth-order valence-corrected chi connectivity index (χ4v) is 3.68. The van der Waals surface area contributed by atoms with Crippen LogP contribution < -0.4 is 15.7 Å². The van der Waals surface area contributed by atoms with E-state index in [1.165, 1.54) is 4.52 Å². The Morgan fingerprint density at radius 2 is 1.77 bits per heavy atom. The van der Waals surface area contributed by atoms with Gasteiger partial charge in [0.2, 0.25) is 4.96 Å². The molecule has 4 aromatic rings. The van der Waals surface area contributed by atoms with E-state index in [1.807, 2.05) is 48.5 Å². The van der Waals surface area contributed by atoms with Crippen molar-refractivity contribution in [3.05, 3.63) is 102 Å². The molecule has 0 radical (unpaired) electrons. The maximum absolute atomic E-state index is 12.6. The van der Waals surface area contributed by atoms with Gasteiger partial charge in [-0.2, -0.15) is 14.6 Å². The second kappa shape index (κ2) is 6.82. The Bertz CT molecular complexity index is 1270. The second-order valence-electron chi connectivity index (χ2n) is 5.65. The molecule has 0 aliphatic carbocycles. The standard InChI is InChI=1S/C19H12ClN3O2S/c20-14-9-5-4-8-13(14)11-15-17(24)21-19-23(22-15)18(25)16(26-19)10-12-6-2-1-3-7-12/h1-10H,11H2/b16-10+.